The van der Waals surface area contributed by atoms with Crippen molar-refractivity contribution in [2.45, 2.75) is 10.9 Å². The Morgan fingerprint density at radius 3 is 2.57 bits per heavy atom. The van der Waals surface area contributed by atoms with E-state index in [1.807, 2.05) is 0 Å². The van der Waals surface area contributed by atoms with Crippen LogP contribution in [0.2, 0.25) is 0 Å². The van der Waals surface area contributed by atoms with Gasteiger partial charge in [0.25, 0.3) is 11.6 Å². The molecule has 0 saturated heterocycles. The van der Waals surface area contributed by atoms with Crippen LogP contribution in [0, 0.1) is 10.1 Å². The summed E-state index contributed by atoms with van der Waals surface area (Å²) in [7, 11) is -3.89. The van der Waals surface area contributed by atoms with Crippen molar-refractivity contribution in [2.24, 2.45) is 5.73 Å². The molecule has 0 aliphatic rings. The highest BCUT2D eigenvalue weighted by atomic mass is 32.2. The first-order valence-corrected chi connectivity index (χ1v) is 8.80. The van der Waals surface area contributed by atoms with E-state index in [2.05, 4.69) is 0 Å². The molecule has 126 valence electrons. The summed E-state index contributed by atoms with van der Waals surface area (Å²) in [4.78, 5) is 32.9. The SMILES string of the molecule is CS(=O)(=O)NC(=O)c1cc(SC[C@H](N)C(=O)O)ccc1[N+](=O)[O-]. The molecule has 0 aromatic heterocycles. The quantitative estimate of drug-likeness (QED) is 0.337. The summed E-state index contributed by atoms with van der Waals surface area (Å²) in [6.07, 6.45) is 0.737. The van der Waals surface area contributed by atoms with E-state index >= 15 is 0 Å². The molecule has 0 heterocycles. The number of nitro benzene ring substituents is 1. The fourth-order valence-corrected chi connectivity index (χ4v) is 2.75. The van der Waals surface area contributed by atoms with Crippen molar-refractivity contribution < 1.29 is 28.0 Å². The van der Waals surface area contributed by atoms with Gasteiger partial charge in [0, 0.05) is 16.7 Å². The third-order valence-electron chi connectivity index (χ3n) is 2.43. The van der Waals surface area contributed by atoms with Crippen LogP contribution in [0.3, 0.4) is 0 Å². The molecule has 1 atom stereocenters. The fraction of sp³-hybridized carbons (Fsp3) is 0.273. The van der Waals surface area contributed by atoms with Gasteiger partial charge in [0.1, 0.15) is 11.6 Å². The van der Waals surface area contributed by atoms with Gasteiger partial charge in [-0.1, -0.05) is 0 Å². The van der Waals surface area contributed by atoms with Gasteiger partial charge in [0.15, 0.2) is 0 Å². The van der Waals surface area contributed by atoms with Gasteiger partial charge in [-0.25, -0.2) is 13.1 Å². The van der Waals surface area contributed by atoms with Crippen molar-refractivity contribution in [3.8, 4) is 0 Å². The number of carbonyl (C=O) groups excluding carboxylic acids is 1. The minimum atomic E-state index is -3.89. The predicted octanol–water partition coefficient (Wildman–Crippen LogP) is -0.212. The zero-order valence-corrected chi connectivity index (χ0v) is 13.4. The van der Waals surface area contributed by atoms with Crippen LogP contribution in [0.25, 0.3) is 0 Å². The van der Waals surface area contributed by atoms with E-state index < -0.39 is 44.1 Å². The summed E-state index contributed by atoms with van der Waals surface area (Å²) in [5, 5.41) is 19.6. The van der Waals surface area contributed by atoms with E-state index in [1.165, 1.54) is 6.07 Å². The Bertz CT molecular complexity index is 748. The minimum Gasteiger partial charge on any atom is -0.480 e. The number of benzene rings is 1. The van der Waals surface area contributed by atoms with Gasteiger partial charge in [-0.3, -0.25) is 19.7 Å². The number of carboxylic acids is 1. The smallest absolute Gasteiger partial charge is 0.321 e. The second-order valence-electron chi connectivity index (χ2n) is 4.40. The van der Waals surface area contributed by atoms with E-state index in [9.17, 15) is 28.1 Å². The van der Waals surface area contributed by atoms with E-state index in [0.29, 0.717) is 4.90 Å². The number of nitrogens with one attached hydrogen (secondary N) is 1. The van der Waals surface area contributed by atoms with Crippen molar-refractivity contribution in [1.82, 2.24) is 4.72 Å². The Labute approximate surface area is 135 Å². The Kier molecular flexibility index (Phi) is 6.06. The van der Waals surface area contributed by atoms with Crippen LogP contribution in [-0.4, -0.2) is 48.4 Å². The first-order valence-electron chi connectivity index (χ1n) is 5.93. The molecule has 1 rings (SSSR count). The number of hydrogen-bond acceptors (Lipinski definition) is 8. The molecule has 1 aromatic carbocycles. The van der Waals surface area contributed by atoms with Crippen molar-refractivity contribution >= 4 is 39.3 Å². The lowest BCUT2D eigenvalue weighted by Crippen LogP contribution is -2.32. The minimum absolute atomic E-state index is 0.0275. The highest BCUT2D eigenvalue weighted by Gasteiger charge is 2.23. The second-order valence-corrected chi connectivity index (χ2v) is 7.24. The van der Waals surface area contributed by atoms with Crippen LogP contribution >= 0.6 is 11.8 Å². The number of nitrogens with two attached hydrogens (primary N) is 1. The summed E-state index contributed by atoms with van der Waals surface area (Å²) in [5.41, 5.74) is 4.32. The molecule has 0 radical (unpaired) electrons. The van der Waals surface area contributed by atoms with Crippen LogP contribution < -0.4 is 10.5 Å². The normalized spacial score (nSPS) is 12.4. The zero-order valence-electron chi connectivity index (χ0n) is 11.8. The Morgan fingerprint density at radius 1 is 1.48 bits per heavy atom. The molecule has 0 aliphatic carbocycles. The topological polar surface area (TPSA) is 170 Å². The number of carbonyl (C=O) groups is 2. The number of thioether (sulfide) groups is 1. The van der Waals surface area contributed by atoms with Gasteiger partial charge in [-0.15, -0.1) is 11.8 Å². The van der Waals surface area contributed by atoms with Gasteiger partial charge < -0.3 is 10.8 Å². The van der Waals surface area contributed by atoms with Crippen molar-refractivity contribution in [1.29, 1.82) is 0 Å². The van der Waals surface area contributed by atoms with Crippen LogP contribution in [-0.2, 0) is 14.8 Å². The molecular weight excluding hydrogens is 350 g/mol. The van der Waals surface area contributed by atoms with Crippen molar-refractivity contribution in [3.63, 3.8) is 0 Å². The Morgan fingerprint density at radius 2 is 2.09 bits per heavy atom. The van der Waals surface area contributed by atoms with E-state index in [0.717, 1.165) is 30.2 Å². The predicted molar refractivity (Wildman–Crippen MR) is 81.7 cm³/mol. The molecule has 4 N–H and O–H groups in total. The fourth-order valence-electron chi connectivity index (χ4n) is 1.43. The van der Waals surface area contributed by atoms with E-state index in [1.54, 1.807) is 4.72 Å². The van der Waals surface area contributed by atoms with Crippen LogP contribution in [0.5, 0.6) is 0 Å². The van der Waals surface area contributed by atoms with Crippen LogP contribution in [0.1, 0.15) is 10.4 Å². The number of hydrogen-bond donors (Lipinski definition) is 3. The number of rotatable bonds is 7. The molecule has 0 unspecified atom stereocenters. The number of amides is 1. The summed E-state index contributed by atoms with van der Waals surface area (Å²) in [6, 6.07) is 2.31. The van der Waals surface area contributed by atoms with Gasteiger partial charge in [-0.2, -0.15) is 0 Å². The van der Waals surface area contributed by atoms with E-state index in [-0.39, 0.29) is 5.75 Å². The highest BCUT2D eigenvalue weighted by Crippen LogP contribution is 2.26. The zero-order chi connectivity index (χ0) is 17.8. The average molecular weight is 363 g/mol. The molecule has 0 aliphatic heterocycles. The summed E-state index contributed by atoms with van der Waals surface area (Å²) < 4.78 is 23.8. The monoisotopic (exact) mass is 363 g/mol. The molecule has 0 saturated carbocycles. The maximum absolute atomic E-state index is 11.9. The third kappa shape index (κ3) is 5.84. The number of sulfonamides is 1. The first kappa shape index (κ1) is 18.9. The summed E-state index contributed by atoms with van der Waals surface area (Å²) in [6.45, 7) is 0. The number of nitrogens with zero attached hydrogens (tertiary/aromatic N) is 1. The van der Waals surface area contributed by atoms with Crippen molar-refractivity contribution in [2.75, 3.05) is 12.0 Å². The second kappa shape index (κ2) is 7.39. The lowest BCUT2D eigenvalue weighted by atomic mass is 10.2. The van der Waals surface area contributed by atoms with Crippen LogP contribution in [0.4, 0.5) is 5.69 Å². The molecule has 10 nitrogen and oxygen atoms in total. The molecule has 0 spiro atoms. The van der Waals surface area contributed by atoms with Gasteiger partial charge in [0.2, 0.25) is 10.0 Å². The number of nitro groups is 1. The number of carboxylic acid groups (broad SMARTS) is 1. The molecule has 1 aromatic rings. The summed E-state index contributed by atoms with van der Waals surface area (Å²) in [5.74, 6) is -2.39. The molecule has 12 heteroatoms. The van der Waals surface area contributed by atoms with Gasteiger partial charge >= 0.3 is 5.97 Å². The molecule has 0 fully saturated rings. The molecule has 23 heavy (non-hydrogen) atoms. The lowest BCUT2D eigenvalue weighted by Gasteiger charge is -2.08. The maximum atomic E-state index is 11.9. The average Bonchev–Trinajstić information content (AvgIpc) is 2.42. The highest BCUT2D eigenvalue weighted by molar-refractivity contribution is 7.99. The number of aliphatic carboxylic acids is 1. The largest absolute Gasteiger partial charge is 0.480 e. The maximum Gasteiger partial charge on any atom is 0.321 e. The molecular formula is C11H13N3O7S2. The first-order chi connectivity index (χ1) is 10.5. The standard InChI is InChI=1S/C11H13N3O7S2/c1-23(20,21)13-10(15)7-4-6(2-3-9(7)14(18)19)22-5-8(12)11(16)17/h2-4,8H,5,12H2,1H3,(H,13,15)(H,16,17)/t8-/m0/s1. The van der Waals surface area contributed by atoms with Gasteiger partial charge in [-0.05, 0) is 12.1 Å². The van der Waals surface area contributed by atoms with E-state index in [4.69, 9.17) is 10.8 Å². The van der Waals surface area contributed by atoms with Crippen molar-refractivity contribution in [3.05, 3.63) is 33.9 Å². The lowest BCUT2D eigenvalue weighted by molar-refractivity contribution is -0.385. The van der Waals surface area contributed by atoms with Crippen LogP contribution in [0.15, 0.2) is 23.1 Å². The molecule has 0 bridgehead atoms. The van der Waals surface area contributed by atoms with Gasteiger partial charge in [0.05, 0.1) is 11.2 Å². The Balaban J connectivity index is 3.10. The summed E-state index contributed by atoms with van der Waals surface area (Å²) >= 11 is 0.969. The Hall–Kier alpha value is -2.18. The molecule has 1 amide bonds. The third-order valence-corrected chi connectivity index (χ3v) is 4.10.